The summed E-state index contributed by atoms with van der Waals surface area (Å²) in [6.07, 6.45) is 2.21. The van der Waals surface area contributed by atoms with E-state index >= 15 is 0 Å². The maximum absolute atomic E-state index is 12.3. The predicted octanol–water partition coefficient (Wildman–Crippen LogP) is 1.40. The molecule has 0 radical (unpaired) electrons. The summed E-state index contributed by atoms with van der Waals surface area (Å²) in [5, 5.41) is 1.99. The van der Waals surface area contributed by atoms with E-state index in [2.05, 4.69) is 4.98 Å². The Morgan fingerprint density at radius 1 is 1.47 bits per heavy atom. The molecule has 19 heavy (non-hydrogen) atoms. The zero-order chi connectivity index (χ0) is 13.9. The Balaban J connectivity index is 2.06. The average molecular weight is 299 g/mol. The fourth-order valence-corrected chi connectivity index (χ4v) is 3.60. The van der Waals surface area contributed by atoms with E-state index < -0.39 is 10.0 Å². The number of aromatic nitrogens is 1. The van der Waals surface area contributed by atoms with Crippen LogP contribution < -0.4 is 5.73 Å². The highest BCUT2D eigenvalue weighted by Crippen LogP contribution is 2.17. The van der Waals surface area contributed by atoms with Gasteiger partial charge in [0.05, 0.1) is 4.90 Å². The van der Waals surface area contributed by atoms with Gasteiger partial charge in [0.15, 0.2) is 0 Å². The maximum Gasteiger partial charge on any atom is 0.244 e. The van der Waals surface area contributed by atoms with Crippen LogP contribution in [0.4, 0.5) is 0 Å². The normalized spacial score (nSPS) is 12.2. The number of nitrogens with zero attached hydrogens (tertiary/aromatic N) is 1. The molecule has 0 aliphatic carbocycles. The fourth-order valence-electron chi connectivity index (χ4n) is 1.71. The highest BCUT2D eigenvalue weighted by atomic mass is 32.2. The van der Waals surface area contributed by atoms with Crippen LogP contribution in [0.5, 0.6) is 0 Å². The van der Waals surface area contributed by atoms with Crippen LogP contribution >= 0.6 is 11.3 Å². The molecule has 2 aromatic heterocycles. The molecule has 0 bridgehead atoms. The monoisotopic (exact) mass is 299 g/mol. The minimum absolute atomic E-state index is 0.265. The molecule has 3 N–H and O–H groups in total. The number of rotatable bonds is 6. The van der Waals surface area contributed by atoms with Crippen molar-refractivity contribution in [1.29, 1.82) is 0 Å². The maximum atomic E-state index is 12.3. The van der Waals surface area contributed by atoms with Gasteiger partial charge in [-0.3, -0.25) is 0 Å². The van der Waals surface area contributed by atoms with Crippen molar-refractivity contribution in [2.75, 3.05) is 13.6 Å². The van der Waals surface area contributed by atoms with Gasteiger partial charge >= 0.3 is 0 Å². The van der Waals surface area contributed by atoms with E-state index in [4.69, 9.17) is 5.73 Å². The van der Waals surface area contributed by atoms with Gasteiger partial charge in [-0.05, 0) is 23.9 Å². The summed E-state index contributed by atoms with van der Waals surface area (Å²) in [6, 6.07) is 5.55. The summed E-state index contributed by atoms with van der Waals surface area (Å²) < 4.78 is 26.0. The molecule has 104 valence electrons. The Morgan fingerprint density at radius 2 is 2.26 bits per heavy atom. The number of nitrogens with one attached hydrogen (secondary N) is 1. The molecule has 5 nitrogen and oxygen atoms in total. The molecule has 0 aliphatic heterocycles. The Hall–Kier alpha value is -1.15. The topological polar surface area (TPSA) is 79.2 Å². The summed E-state index contributed by atoms with van der Waals surface area (Å²) in [5.41, 5.74) is 6.18. The smallest absolute Gasteiger partial charge is 0.244 e. The lowest BCUT2D eigenvalue weighted by molar-refractivity contribution is 0.473. The zero-order valence-electron chi connectivity index (χ0n) is 10.7. The first-order valence-electron chi connectivity index (χ1n) is 5.90. The van der Waals surface area contributed by atoms with Crippen molar-refractivity contribution < 1.29 is 8.42 Å². The molecule has 2 aromatic rings. The van der Waals surface area contributed by atoms with Crippen LogP contribution in [0, 0.1) is 0 Å². The lowest BCUT2D eigenvalue weighted by Gasteiger charge is -2.15. The lowest BCUT2D eigenvalue weighted by atomic mass is 10.3. The van der Waals surface area contributed by atoms with Gasteiger partial charge in [0.25, 0.3) is 0 Å². The summed E-state index contributed by atoms with van der Waals surface area (Å²) in [4.78, 5) is 4.30. The van der Waals surface area contributed by atoms with Crippen LogP contribution in [0.15, 0.2) is 34.7 Å². The van der Waals surface area contributed by atoms with Crippen molar-refractivity contribution in [3.63, 3.8) is 0 Å². The molecule has 0 spiro atoms. The third-order valence-corrected chi connectivity index (χ3v) is 5.67. The minimum atomic E-state index is -3.43. The van der Waals surface area contributed by atoms with Crippen molar-refractivity contribution in [1.82, 2.24) is 9.29 Å². The molecule has 2 rings (SSSR count). The van der Waals surface area contributed by atoms with Crippen molar-refractivity contribution >= 4 is 21.4 Å². The number of nitrogens with two attached hydrogens (primary N) is 1. The van der Waals surface area contributed by atoms with Crippen LogP contribution in [0.3, 0.4) is 0 Å². The molecule has 0 saturated heterocycles. The lowest BCUT2D eigenvalue weighted by Crippen LogP contribution is -2.28. The zero-order valence-corrected chi connectivity index (χ0v) is 12.3. The Bertz CT molecular complexity index is 617. The molecular formula is C12H17N3O2S2. The molecule has 0 aromatic carbocycles. The molecular weight excluding hydrogens is 282 g/mol. The molecule has 0 atom stereocenters. The second-order valence-electron chi connectivity index (χ2n) is 4.22. The van der Waals surface area contributed by atoms with Gasteiger partial charge in [-0.1, -0.05) is 6.07 Å². The molecule has 0 amide bonds. The van der Waals surface area contributed by atoms with Crippen molar-refractivity contribution in [3.05, 3.63) is 40.3 Å². The van der Waals surface area contributed by atoms with Crippen LogP contribution in [-0.4, -0.2) is 31.3 Å². The largest absolute Gasteiger partial charge is 0.363 e. The Labute approximate surface area is 117 Å². The van der Waals surface area contributed by atoms with Gasteiger partial charge in [0.2, 0.25) is 10.0 Å². The van der Waals surface area contributed by atoms with E-state index in [-0.39, 0.29) is 4.90 Å². The van der Waals surface area contributed by atoms with Crippen molar-refractivity contribution in [3.8, 4) is 0 Å². The summed E-state index contributed by atoms with van der Waals surface area (Å²) >= 11 is 1.63. The second-order valence-corrected chi connectivity index (χ2v) is 7.30. The second kappa shape index (κ2) is 5.87. The van der Waals surface area contributed by atoms with Crippen molar-refractivity contribution in [2.45, 2.75) is 17.9 Å². The minimum Gasteiger partial charge on any atom is -0.363 e. The molecule has 0 aliphatic rings. The van der Waals surface area contributed by atoms with Crippen LogP contribution in [0.25, 0.3) is 0 Å². The highest BCUT2D eigenvalue weighted by molar-refractivity contribution is 7.89. The van der Waals surface area contributed by atoms with E-state index in [0.717, 1.165) is 6.42 Å². The van der Waals surface area contributed by atoms with Crippen LogP contribution in [0.2, 0.25) is 0 Å². The van der Waals surface area contributed by atoms with Gasteiger partial charge in [0.1, 0.15) is 0 Å². The van der Waals surface area contributed by atoms with Crippen LogP contribution in [-0.2, 0) is 23.0 Å². The first-order chi connectivity index (χ1) is 9.04. The van der Waals surface area contributed by atoms with E-state index in [1.807, 2.05) is 17.5 Å². The quantitative estimate of drug-likeness (QED) is 0.846. The number of likely N-dealkylation sites (N-methyl/N-ethyl adjacent to an activating group) is 1. The molecule has 0 saturated carbocycles. The number of H-pyrrole nitrogens is 1. The average Bonchev–Trinajstić information content (AvgIpc) is 3.06. The third-order valence-electron chi connectivity index (χ3n) is 2.90. The number of sulfonamides is 1. The molecule has 7 heteroatoms. The molecule has 0 fully saturated rings. The van der Waals surface area contributed by atoms with E-state index in [0.29, 0.717) is 18.8 Å². The Kier molecular flexibility index (Phi) is 4.41. The highest BCUT2D eigenvalue weighted by Gasteiger charge is 2.21. The van der Waals surface area contributed by atoms with Gasteiger partial charge in [-0.15, -0.1) is 11.3 Å². The Morgan fingerprint density at radius 3 is 2.84 bits per heavy atom. The summed E-state index contributed by atoms with van der Waals surface area (Å²) in [6.45, 7) is 0.764. The predicted molar refractivity (Wildman–Crippen MR) is 76.5 cm³/mol. The number of aromatic amines is 1. The van der Waals surface area contributed by atoms with Gasteiger partial charge in [-0.25, -0.2) is 12.7 Å². The number of hydrogen-bond donors (Lipinski definition) is 2. The van der Waals surface area contributed by atoms with E-state index in [9.17, 15) is 8.42 Å². The SMILES string of the molecule is CN(CCc1cccs1)S(=O)(=O)c1c[nH]c(CN)c1. The molecule has 2 heterocycles. The summed E-state index contributed by atoms with van der Waals surface area (Å²) in [7, 11) is -1.84. The third kappa shape index (κ3) is 3.24. The first kappa shape index (κ1) is 14.3. The first-order valence-corrected chi connectivity index (χ1v) is 8.22. The van der Waals surface area contributed by atoms with Gasteiger partial charge in [0, 0.05) is 36.9 Å². The molecule has 0 unspecified atom stereocenters. The summed E-state index contributed by atoms with van der Waals surface area (Å²) in [5.74, 6) is 0. The number of thiophene rings is 1. The fraction of sp³-hybridized carbons (Fsp3) is 0.333. The van der Waals surface area contributed by atoms with Gasteiger partial charge < -0.3 is 10.7 Å². The van der Waals surface area contributed by atoms with Gasteiger partial charge in [-0.2, -0.15) is 0 Å². The van der Waals surface area contributed by atoms with Crippen LogP contribution in [0.1, 0.15) is 10.6 Å². The van der Waals surface area contributed by atoms with E-state index in [1.165, 1.54) is 15.4 Å². The number of hydrogen-bond acceptors (Lipinski definition) is 4. The standard InChI is InChI=1S/C12H17N3O2S2/c1-15(5-4-11-3-2-6-18-11)19(16,17)12-7-10(8-13)14-9-12/h2-3,6-7,9,14H,4-5,8,13H2,1H3. The van der Waals surface area contributed by atoms with E-state index in [1.54, 1.807) is 24.5 Å². The van der Waals surface area contributed by atoms with Crippen molar-refractivity contribution in [2.24, 2.45) is 5.73 Å².